The molecule has 1 rings (SSSR count). The van der Waals surface area contributed by atoms with Gasteiger partial charge in [0.05, 0.1) is 12.6 Å². The summed E-state index contributed by atoms with van der Waals surface area (Å²) in [7, 11) is 0. The van der Waals surface area contributed by atoms with E-state index in [-0.39, 0.29) is 24.0 Å². The summed E-state index contributed by atoms with van der Waals surface area (Å²) in [5.74, 6) is 0.734. The van der Waals surface area contributed by atoms with Crippen molar-refractivity contribution in [2.75, 3.05) is 26.2 Å². The highest BCUT2D eigenvalue weighted by atomic mass is 127. The molecule has 144 valence electrons. The maximum atomic E-state index is 10.2. The first-order valence-corrected chi connectivity index (χ1v) is 8.81. The van der Waals surface area contributed by atoms with Crippen molar-refractivity contribution in [3.8, 4) is 0 Å². The molecule has 1 heterocycles. The second-order valence-corrected chi connectivity index (χ2v) is 6.37. The number of aliphatic imine (C=N–C) groups is 1. The first-order chi connectivity index (χ1) is 11.5. The van der Waals surface area contributed by atoms with Gasteiger partial charge in [-0.3, -0.25) is 14.9 Å². The molecule has 0 aliphatic carbocycles. The molecule has 0 amide bonds. The normalized spacial score (nSPS) is 13.1. The minimum atomic E-state index is -0.619. The van der Waals surface area contributed by atoms with Crippen LogP contribution in [0.2, 0.25) is 0 Å². The van der Waals surface area contributed by atoms with Crippen molar-refractivity contribution in [3.63, 3.8) is 0 Å². The average molecular weight is 463 g/mol. The van der Waals surface area contributed by atoms with E-state index in [1.54, 1.807) is 12.4 Å². The van der Waals surface area contributed by atoms with Crippen LogP contribution in [0.5, 0.6) is 0 Å². The van der Waals surface area contributed by atoms with E-state index in [1.807, 2.05) is 19.1 Å². The molecule has 1 aromatic rings. The quantitative estimate of drug-likeness (QED) is 0.298. The fraction of sp³-hybridized carbons (Fsp3) is 0.667. The number of aromatic nitrogens is 1. The van der Waals surface area contributed by atoms with Gasteiger partial charge in [0.2, 0.25) is 0 Å². The van der Waals surface area contributed by atoms with Crippen LogP contribution in [0.1, 0.15) is 46.3 Å². The zero-order valence-electron chi connectivity index (χ0n) is 16.1. The molecule has 0 fully saturated rings. The Labute approximate surface area is 169 Å². The Morgan fingerprint density at radius 2 is 1.76 bits per heavy atom. The third-order valence-corrected chi connectivity index (χ3v) is 3.85. The van der Waals surface area contributed by atoms with Gasteiger partial charge in [-0.15, -0.1) is 24.0 Å². The molecule has 0 aromatic carbocycles. The van der Waals surface area contributed by atoms with Gasteiger partial charge in [-0.05, 0) is 52.3 Å². The van der Waals surface area contributed by atoms with Crippen molar-refractivity contribution >= 4 is 29.9 Å². The Morgan fingerprint density at radius 1 is 1.16 bits per heavy atom. The number of guanidine groups is 1. The third kappa shape index (κ3) is 9.37. The van der Waals surface area contributed by atoms with Gasteiger partial charge in [0, 0.05) is 44.1 Å². The van der Waals surface area contributed by atoms with Crippen molar-refractivity contribution < 1.29 is 5.11 Å². The average Bonchev–Trinajstić information content (AvgIpc) is 2.56. The molecule has 0 aliphatic rings. The summed E-state index contributed by atoms with van der Waals surface area (Å²) < 4.78 is 0. The zero-order chi connectivity index (χ0) is 17.9. The van der Waals surface area contributed by atoms with E-state index in [4.69, 9.17) is 0 Å². The van der Waals surface area contributed by atoms with E-state index in [9.17, 15) is 5.11 Å². The van der Waals surface area contributed by atoms with Crippen molar-refractivity contribution in [2.24, 2.45) is 4.99 Å². The lowest BCUT2D eigenvalue weighted by Gasteiger charge is -2.30. The Hall–Kier alpha value is -0.930. The van der Waals surface area contributed by atoms with E-state index in [2.05, 4.69) is 53.2 Å². The summed E-state index contributed by atoms with van der Waals surface area (Å²) in [4.78, 5) is 10.9. The lowest BCUT2D eigenvalue weighted by Crippen LogP contribution is -2.45. The lowest BCUT2D eigenvalue weighted by molar-refractivity contribution is 0.178. The zero-order valence-corrected chi connectivity index (χ0v) is 18.4. The van der Waals surface area contributed by atoms with Gasteiger partial charge in [-0.25, -0.2) is 0 Å². The summed E-state index contributed by atoms with van der Waals surface area (Å²) in [6.45, 7) is 13.8. The number of pyridine rings is 1. The van der Waals surface area contributed by atoms with Crippen molar-refractivity contribution in [2.45, 2.75) is 52.8 Å². The van der Waals surface area contributed by atoms with Gasteiger partial charge < -0.3 is 15.7 Å². The van der Waals surface area contributed by atoms with E-state index < -0.39 is 6.10 Å². The Kier molecular flexibility index (Phi) is 12.8. The molecule has 25 heavy (non-hydrogen) atoms. The number of aliphatic hydroxyl groups is 1. The summed E-state index contributed by atoms with van der Waals surface area (Å²) in [5.41, 5.74) is 0.829. The summed E-state index contributed by atoms with van der Waals surface area (Å²) in [5, 5.41) is 16.8. The smallest absolute Gasteiger partial charge is 0.191 e. The predicted molar refractivity (Wildman–Crippen MR) is 116 cm³/mol. The van der Waals surface area contributed by atoms with E-state index >= 15 is 0 Å². The molecule has 3 N–H and O–H groups in total. The molecule has 6 nitrogen and oxygen atoms in total. The van der Waals surface area contributed by atoms with Crippen LogP contribution in [0.25, 0.3) is 0 Å². The molecule has 0 bridgehead atoms. The highest BCUT2D eigenvalue weighted by molar-refractivity contribution is 14.0. The van der Waals surface area contributed by atoms with Crippen LogP contribution < -0.4 is 10.6 Å². The van der Waals surface area contributed by atoms with Gasteiger partial charge in [0.25, 0.3) is 0 Å². The predicted octanol–water partition coefficient (Wildman–Crippen LogP) is 2.41. The van der Waals surface area contributed by atoms with Crippen LogP contribution in [0.15, 0.2) is 29.5 Å². The van der Waals surface area contributed by atoms with Crippen LogP contribution in [-0.2, 0) is 0 Å². The van der Waals surface area contributed by atoms with Crippen molar-refractivity contribution in [3.05, 3.63) is 30.1 Å². The molecule has 1 aromatic heterocycles. The van der Waals surface area contributed by atoms with E-state index in [0.717, 1.165) is 31.2 Å². The minimum Gasteiger partial charge on any atom is -0.386 e. The fourth-order valence-electron chi connectivity index (χ4n) is 2.63. The highest BCUT2D eigenvalue weighted by Crippen LogP contribution is 2.10. The minimum absolute atomic E-state index is 0. The topological polar surface area (TPSA) is 72.8 Å². The first kappa shape index (κ1) is 24.1. The summed E-state index contributed by atoms with van der Waals surface area (Å²) in [6.07, 6.45) is 2.74. The summed E-state index contributed by atoms with van der Waals surface area (Å²) in [6, 6.07) is 4.65. The molecule has 7 heteroatoms. The Balaban J connectivity index is 0.00000576. The molecule has 0 aliphatic heterocycles. The molecule has 0 spiro atoms. The third-order valence-electron chi connectivity index (χ3n) is 3.85. The van der Waals surface area contributed by atoms with Gasteiger partial charge in [0.1, 0.15) is 0 Å². The molecule has 0 saturated heterocycles. The number of hydrogen-bond acceptors (Lipinski definition) is 4. The van der Waals surface area contributed by atoms with Crippen LogP contribution >= 0.6 is 24.0 Å². The largest absolute Gasteiger partial charge is 0.386 e. The Bertz CT molecular complexity index is 474. The highest BCUT2D eigenvalue weighted by Gasteiger charge is 2.13. The molecular weight excluding hydrogens is 429 g/mol. The monoisotopic (exact) mass is 463 g/mol. The number of halogens is 1. The van der Waals surface area contributed by atoms with Crippen molar-refractivity contribution in [1.82, 2.24) is 20.5 Å². The number of nitrogens with zero attached hydrogens (tertiary/aromatic N) is 3. The first-order valence-electron chi connectivity index (χ1n) is 8.81. The maximum absolute atomic E-state index is 10.2. The summed E-state index contributed by atoms with van der Waals surface area (Å²) >= 11 is 0. The lowest BCUT2D eigenvalue weighted by atomic mass is 10.1. The molecule has 1 atom stereocenters. The van der Waals surface area contributed by atoms with Gasteiger partial charge in [-0.1, -0.05) is 0 Å². The van der Waals surface area contributed by atoms with E-state index in [1.165, 1.54) is 0 Å². The maximum Gasteiger partial charge on any atom is 0.191 e. The van der Waals surface area contributed by atoms with Gasteiger partial charge >= 0.3 is 0 Å². The number of rotatable bonds is 9. The number of hydrogen-bond donors (Lipinski definition) is 3. The van der Waals surface area contributed by atoms with Crippen LogP contribution in [0.4, 0.5) is 0 Å². The van der Waals surface area contributed by atoms with Gasteiger partial charge in [-0.2, -0.15) is 0 Å². The molecule has 0 radical (unpaired) electrons. The second-order valence-electron chi connectivity index (χ2n) is 6.37. The standard InChI is InChI=1S/C18H33N5O.HI/c1-6-20-18(21-11-12-23(14(2)3)15(4)5)22-13-17(24)16-7-9-19-10-8-16;/h7-10,14-15,17,24H,6,11-13H2,1-5H3,(H2,20,21,22);1H. The van der Waals surface area contributed by atoms with E-state index in [0.29, 0.717) is 18.6 Å². The number of aliphatic hydroxyl groups excluding tert-OH is 1. The fourth-order valence-corrected chi connectivity index (χ4v) is 2.63. The van der Waals surface area contributed by atoms with Crippen LogP contribution in [-0.4, -0.2) is 59.2 Å². The molecule has 0 saturated carbocycles. The Morgan fingerprint density at radius 3 is 2.28 bits per heavy atom. The molecule has 1 unspecified atom stereocenters. The molecular formula is C18H34IN5O. The van der Waals surface area contributed by atoms with Crippen molar-refractivity contribution in [1.29, 1.82) is 0 Å². The van der Waals surface area contributed by atoms with Gasteiger partial charge in [0.15, 0.2) is 5.96 Å². The second kappa shape index (κ2) is 13.3. The SMILES string of the molecule is CCNC(=NCC(O)c1ccncc1)NCCN(C(C)C)C(C)C.I. The van der Waals surface area contributed by atoms with Crippen LogP contribution in [0, 0.1) is 0 Å². The van der Waals surface area contributed by atoms with Crippen LogP contribution in [0.3, 0.4) is 0 Å². The number of nitrogens with one attached hydrogen (secondary N) is 2.